The van der Waals surface area contributed by atoms with Crippen molar-refractivity contribution in [3.8, 4) is 0 Å². The van der Waals surface area contributed by atoms with Gasteiger partial charge in [-0.05, 0) is 73.1 Å². The second-order valence-electron chi connectivity index (χ2n) is 9.75. The molecular formula is C21H31N3O3S. The quantitative estimate of drug-likeness (QED) is 0.805. The van der Waals surface area contributed by atoms with Crippen molar-refractivity contribution >= 4 is 21.6 Å². The Morgan fingerprint density at radius 2 is 2.04 bits per heavy atom. The lowest BCUT2D eigenvalue weighted by atomic mass is 9.69. The first kappa shape index (κ1) is 19.7. The number of sulfonamides is 1. The number of carbonyl (C=O) groups excluding carboxylic acids is 1. The minimum Gasteiger partial charge on any atom is -0.359 e. The first-order valence-electron chi connectivity index (χ1n) is 10.2. The van der Waals surface area contributed by atoms with Crippen LogP contribution in [0.25, 0.3) is 0 Å². The van der Waals surface area contributed by atoms with Gasteiger partial charge < -0.3 is 10.2 Å². The Morgan fingerprint density at radius 3 is 2.61 bits per heavy atom. The van der Waals surface area contributed by atoms with E-state index in [0.717, 1.165) is 17.7 Å². The van der Waals surface area contributed by atoms with Crippen LogP contribution in [0.4, 0.5) is 5.69 Å². The van der Waals surface area contributed by atoms with E-state index in [9.17, 15) is 13.2 Å². The molecule has 0 spiro atoms. The van der Waals surface area contributed by atoms with Crippen LogP contribution in [-0.4, -0.2) is 33.0 Å². The van der Waals surface area contributed by atoms with Crippen LogP contribution in [0, 0.1) is 16.7 Å². The molecule has 2 aliphatic carbocycles. The Bertz CT molecular complexity index is 927. The number of nitrogens with two attached hydrogens (primary N) is 1. The van der Waals surface area contributed by atoms with E-state index in [1.165, 1.54) is 18.9 Å². The smallest absolute Gasteiger partial charge is 0.239 e. The number of fused-ring (bicyclic) bond motifs is 3. The predicted octanol–water partition coefficient (Wildman–Crippen LogP) is 2.42. The molecule has 1 amide bonds. The summed E-state index contributed by atoms with van der Waals surface area (Å²) in [7, 11) is -3.72. The minimum atomic E-state index is -3.72. The van der Waals surface area contributed by atoms with E-state index in [1.54, 1.807) is 12.1 Å². The minimum absolute atomic E-state index is 0.0461. The molecule has 4 unspecified atom stereocenters. The molecule has 0 saturated heterocycles. The average molecular weight is 406 g/mol. The van der Waals surface area contributed by atoms with Crippen LogP contribution in [0.3, 0.4) is 0 Å². The number of benzene rings is 1. The topological polar surface area (TPSA) is 92.5 Å². The zero-order valence-electron chi connectivity index (χ0n) is 17.2. The highest BCUT2D eigenvalue weighted by atomic mass is 32.2. The summed E-state index contributed by atoms with van der Waals surface area (Å²) in [6, 6.07) is 5.31. The Hall–Kier alpha value is -1.60. The Balaban J connectivity index is 1.48. The van der Waals surface area contributed by atoms with Crippen LogP contribution in [-0.2, 0) is 21.2 Å². The lowest BCUT2D eigenvalue weighted by Crippen LogP contribution is -2.50. The van der Waals surface area contributed by atoms with Crippen molar-refractivity contribution < 1.29 is 13.2 Å². The first-order valence-corrected chi connectivity index (χ1v) is 11.7. The van der Waals surface area contributed by atoms with Gasteiger partial charge in [-0.2, -0.15) is 0 Å². The summed E-state index contributed by atoms with van der Waals surface area (Å²) in [6.07, 6.45) is 4.22. The number of nitrogens with zero attached hydrogens (tertiary/aromatic N) is 1. The van der Waals surface area contributed by atoms with Crippen LogP contribution < -0.4 is 15.4 Å². The van der Waals surface area contributed by atoms with Crippen LogP contribution >= 0.6 is 0 Å². The van der Waals surface area contributed by atoms with E-state index in [4.69, 9.17) is 5.14 Å². The largest absolute Gasteiger partial charge is 0.359 e. The van der Waals surface area contributed by atoms with E-state index in [2.05, 4.69) is 37.9 Å². The van der Waals surface area contributed by atoms with Crippen molar-refractivity contribution in [2.75, 3.05) is 11.4 Å². The van der Waals surface area contributed by atoms with E-state index < -0.39 is 10.0 Å². The number of carbonyl (C=O) groups is 1. The molecule has 2 saturated carbocycles. The number of anilines is 1. The fraction of sp³-hybridized carbons (Fsp3) is 0.667. The molecule has 3 N–H and O–H groups in total. The van der Waals surface area contributed by atoms with E-state index in [-0.39, 0.29) is 33.7 Å². The van der Waals surface area contributed by atoms with Gasteiger partial charge in [0.2, 0.25) is 15.9 Å². The third kappa shape index (κ3) is 2.86. The normalized spacial score (nSPS) is 33.2. The van der Waals surface area contributed by atoms with Gasteiger partial charge in [0.1, 0.15) is 0 Å². The second kappa shape index (κ2) is 6.20. The van der Waals surface area contributed by atoms with Gasteiger partial charge in [-0.25, -0.2) is 13.6 Å². The monoisotopic (exact) mass is 405 g/mol. The SMILES string of the molecule is CC1Cc2cc(S(N)(=O)=O)ccc2N1CC(=O)NC1CC2CCC1(C)C2(C)C. The van der Waals surface area contributed by atoms with Crippen LogP contribution in [0.2, 0.25) is 0 Å². The van der Waals surface area contributed by atoms with Crippen molar-refractivity contribution in [3.63, 3.8) is 0 Å². The van der Waals surface area contributed by atoms with E-state index >= 15 is 0 Å². The molecule has 1 aromatic rings. The van der Waals surface area contributed by atoms with Gasteiger partial charge in [-0.1, -0.05) is 20.8 Å². The second-order valence-corrected chi connectivity index (χ2v) is 11.3. The van der Waals surface area contributed by atoms with Crippen LogP contribution in [0.1, 0.15) is 52.5 Å². The first-order chi connectivity index (χ1) is 12.9. The number of primary sulfonamides is 1. The van der Waals surface area contributed by atoms with Gasteiger partial charge in [0.25, 0.3) is 0 Å². The molecular weight excluding hydrogens is 374 g/mol. The maximum atomic E-state index is 12.9. The van der Waals surface area contributed by atoms with E-state index in [1.807, 2.05) is 0 Å². The van der Waals surface area contributed by atoms with Crippen molar-refractivity contribution in [2.45, 2.75) is 70.4 Å². The molecule has 4 atom stereocenters. The Kier molecular flexibility index (Phi) is 4.36. The molecule has 2 bridgehead atoms. The highest BCUT2D eigenvalue weighted by Crippen LogP contribution is 2.65. The number of rotatable bonds is 4. The van der Waals surface area contributed by atoms with Crippen LogP contribution in [0.5, 0.6) is 0 Å². The molecule has 0 aromatic heterocycles. The molecule has 4 rings (SSSR count). The predicted molar refractivity (Wildman–Crippen MR) is 109 cm³/mol. The molecule has 2 fully saturated rings. The third-order valence-corrected chi connectivity index (χ3v) is 9.09. The number of amides is 1. The highest BCUT2D eigenvalue weighted by Gasteiger charge is 2.61. The summed E-state index contributed by atoms with van der Waals surface area (Å²) in [5, 5.41) is 8.57. The van der Waals surface area contributed by atoms with Crippen molar-refractivity contribution in [1.82, 2.24) is 5.32 Å². The summed E-state index contributed by atoms with van der Waals surface area (Å²) in [4.78, 5) is 15.1. The summed E-state index contributed by atoms with van der Waals surface area (Å²) in [6.45, 7) is 9.37. The molecule has 1 aliphatic heterocycles. The Morgan fingerprint density at radius 1 is 1.32 bits per heavy atom. The lowest BCUT2D eigenvalue weighted by molar-refractivity contribution is -0.121. The number of hydrogen-bond acceptors (Lipinski definition) is 4. The Labute approximate surface area is 167 Å². The van der Waals surface area contributed by atoms with Gasteiger partial charge in [0, 0.05) is 17.8 Å². The van der Waals surface area contributed by atoms with E-state index in [0.29, 0.717) is 18.9 Å². The third-order valence-electron chi connectivity index (χ3n) is 8.18. The molecule has 7 heteroatoms. The summed E-state index contributed by atoms with van der Waals surface area (Å²) < 4.78 is 23.2. The summed E-state index contributed by atoms with van der Waals surface area (Å²) in [5.41, 5.74) is 2.28. The lowest BCUT2D eigenvalue weighted by Gasteiger charge is -2.39. The van der Waals surface area contributed by atoms with Crippen molar-refractivity contribution in [1.29, 1.82) is 0 Å². The highest BCUT2D eigenvalue weighted by molar-refractivity contribution is 7.89. The summed E-state index contributed by atoms with van der Waals surface area (Å²) >= 11 is 0. The van der Waals surface area contributed by atoms with Gasteiger partial charge >= 0.3 is 0 Å². The summed E-state index contributed by atoms with van der Waals surface area (Å²) in [5.74, 6) is 0.732. The maximum Gasteiger partial charge on any atom is 0.239 e. The molecule has 6 nitrogen and oxygen atoms in total. The molecule has 3 aliphatic rings. The molecule has 0 radical (unpaired) electrons. The standard InChI is InChI=1S/C21H31N3O3S/c1-13-9-14-10-16(28(22,26)27)5-6-17(14)24(13)12-19(25)23-18-11-15-7-8-21(18,4)20(15,2)3/h5-6,10,13,15,18H,7-9,11-12H2,1-4H3,(H,23,25)(H2,22,26,27). The van der Waals surface area contributed by atoms with Gasteiger partial charge in [0.15, 0.2) is 0 Å². The fourth-order valence-corrected chi connectivity index (χ4v) is 6.47. The maximum absolute atomic E-state index is 12.9. The van der Waals surface area contributed by atoms with Crippen molar-refractivity contribution in [2.24, 2.45) is 21.9 Å². The van der Waals surface area contributed by atoms with Gasteiger partial charge in [-0.3, -0.25) is 4.79 Å². The van der Waals surface area contributed by atoms with Crippen molar-refractivity contribution in [3.05, 3.63) is 23.8 Å². The molecule has 1 aromatic carbocycles. The number of nitrogens with one attached hydrogen (secondary N) is 1. The van der Waals surface area contributed by atoms with Crippen LogP contribution in [0.15, 0.2) is 23.1 Å². The van der Waals surface area contributed by atoms with Gasteiger partial charge in [-0.15, -0.1) is 0 Å². The molecule has 1 heterocycles. The molecule has 154 valence electrons. The number of hydrogen-bond donors (Lipinski definition) is 2. The van der Waals surface area contributed by atoms with Gasteiger partial charge in [0.05, 0.1) is 11.4 Å². The average Bonchev–Trinajstić information content (AvgIpc) is 3.08. The fourth-order valence-electron chi connectivity index (χ4n) is 5.91. The molecule has 28 heavy (non-hydrogen) atoms. The zero-order valence-corrected chi connectivity index (χ0v) is 18.0. The zero-order chi connectivity index (χ0) is 20.5.